The largest absolute Gasteiger partial charge is 0.545 e. The number of carbonyl (C=O) groups excluding carboxylic acids is 9. The SMILES string of the molecule is CC[PH+](CC)CC.CC[PH+](CC)CC.CC[PH+](CC)CC.[CH-]=O.[CH-]=O.[CH-]=O.[CH-]=O.[CH-]=O.[CH-]=O.[CH-]=O.[CH-]=O.[CH-]=O.[Os].[Os].[Os]. The van der Waals surface area contributed by atoms with Crippen molar-refractivity contribution in [1.29, 1.82) is 0 Å². The minimum atomic E-state index is 0. The van der Waals surface area contributed by atoms with Gasteiger partial charge in [-0.25, -0.2) is 0 Å². The molecule has 0 aliphatic heterocycles. The van der Waals surface area contributed by atoms with Gasteiger partial charge in [0, 0.05) is 59.4 Å². The van der Waals surface area contributed by atoms with Crippen LogP contribution in [-0.4, -0.2) is 117 Å². The van der Waals surface area contributed by atoms with Crippen LogP contribution in [0.4, 0.5) is 0 Å². The normalized spacial score (nSPS) is 6.00. The predicted molar refractivity (Wildman–Crippen MR) is 181 cm³/mol. The smallest absolute Gasteiger partial charge is 0.0543 e. The standard InChI is InChI=1S/3C6H15P.9CHO.3Os/c3*1-4-7(5-2)6-3;9*1-2;;;/h3*4-6H2,1-3H3;9*1H;;;/q;;;9*-1;;;/p+3. The van der Waals surface area contributed by atoms with Gasteiger partial charge in [-0.3, -0.25) is 61.1 Å². The molecule has 0 saturated carbocycles. The first-order valence-electron chi connectivity index (χ1n) is 11.7. The maximum atomic E-state index is 7.75. The third-order valence-electron chi connectivity index (χ3n) is 4.50. The molecule has 0 saturated heterocycles. The zero-order valence-corrected chi connectivity index (χ0v) is 37.4. The minimum absolute atomic E-state index is 0. The van der Waals surface area contributed by atoms with Crippen molar-refractivity contribution in [3.8, 4) is 0 Å². The number of hydrogen-bond donors (Lipinski definition) is 0. The fourth-order valence-electron chi connectivity index (χ4n) is 2.25. The summed E-state index contributed by atoms with van der Waals surface area (Å²) in [6.07, 6.45) is 13.1. The molecule has 0 atom stereocenters. The maximum absolute atomic E-state index is 7.75. The van der Waals surface area contributed by atoms with Gasteiger partial charge in [-0.1, -0.05) is 0 Å². The van der Waals surface area contributed by atoms with E-state index in [1.54, 1.807) is 0 Å². The number of rotatable bonds is 9. The van der Waals surface area contributed by atoms with Crippen LogP contribution in [0, 0.1) is 0 Å². The summed E-state index contributed by atoms with van der Waals surface area (Å²) in [6, 6.07) is 0. The van der Waals surface area contributed by atoms with Gasteiger partial charge < -0.3 is 43.2 Å². The van der Waals surface area contributed by atoms with Crippen LogP contribution in [0.25, 0.3) is 0 Å². The van der Waals surface area contributed by atoms with E-state index in [0.717, 1.165) is 0 Å². The van der Waals surface area contributed by atoms with Crippen molar-refractivity contribution in [2.75, 3.05) is 55.5 Å². The summed E-state index contributed by atoms with van der Waals surface area (Å²) in [5, 5.41) is 0. The van der Waals surface area contributed by atoms with E-state index in [4.69, 9.17) is 43.2 Å². The van der Waals surface area contributed by atoms with Gasteiger partial charge in [0.25, 0.3) is 0 Å². The Morgan fingerprint density at radius 2 is 0.286 bits per heavy atom. The van der Waals surface area contributed by atoms with Crippen LogP contribution in [0.3, 0.4) is 0 Å². The average molecular weight is 1190 g/mol. The van der Waals surface area contributed by atoms with Crippen molar-refractivity contribution in [1.82, 2.24) is 0 Å². The summed E-state index contributed by atoms with van der Waals surface area (Å²) in [4.78, 5) is 69.8. The van der Waals surface area contributed by atoms with Crippen LogP contribution >= 0.6 is 23.8 Å². The van der Waals surface area contributed by atoms with Gasteiger partial charge in [-0.15, -0.1) is 0 Å². The quantitative estimate of drug-likeness (QED) is 0.187. The molecule has 0 aliphatic carbocycles. The monoisotopic (exact) mass is 1190 g/mol. The summed E-state index contributed by atoms with van der Waals surface area (Å²) < 4.78 is 0. The Balaban J connectivity index is -0.0000000154. The van der Waals surface area contributed by atoms with E-state index >= 15 is 0 Å². The Kier molecular flexibility index (Phi) is 463. The maximum Gasteiger partial charge on any atom is 0.0543 e. The molecule has 0 rings (SSSR count). The molecule has 0 aromatic carbocycles. The van der Waals surface area contributed by atoms with E-state index in [1.807, 2.05) is 0 Å². The van der Waals surface area contributed by atoms with E-state index in [9.17, 15) is 0 Å². The Hall–Kier alpha value is 0.229. The summed E-state index contributed by atoms with van der Waals surface area (Å²) in [5.41, 5.74) is 0. The van der Waals surface area contributed by atoms with Crippen LogP contribution in [0.15, 0.2) is 0 Å². The third-order valence-corrected chi connectivity index (χ3v) is 13.5. The molecule has 15 heteroatoms. The van der Waals surface area contributed by atoms with Crippen LogP contribution < -0.4 is 0 Å². The van der Waals surface area contributed by atoms with Crippen molar-refractivity contribution < 1.29 is 103 Å². The molecule has 0 aromatic heterocycles. The Morgan fingerprint density at radius 1 is 0.238 bits per heavy atom. The van der Waals surface area contributed by atoms with E-state index in [0.29, 0.717) is 0 Å². The Morgan fingerprint density at radius 3 is 0.286 bits per heavy atom. The molecule has 0 N–H and O–H groups in total. The van der Waals surface area contributed by atoms with Gasteiger partial charge in [-0.2, -0.15) is 0 Å². The molecule has 0 radical (unpaired) electrons. The molecule has 9 nitrogen and oxygen atoms in total. The van der Waals surface area contributed by atoms with Gasteiger partial charge in [-0.05, 0) is 86.1 Å². The molecule has 0 bridgehead atoms. The van der Waals surface area contributed by atoms with Crippen LogP contribution in [-0.2, 0) is 103 Å². The van der Waals surface area contributed by atoms with Crippen LogP contribution in [0.5, 0.6) is 0 Å². The van der Waals surface area contributed by atoms with Gasteiger partial charge >= 0.3 is 0 Å². The van der Waals surface area contributed by atoms with Crippen molar-refractivity contribution in [2.45, 2.75) is 62.3 Å². The van der Waals surface area contributed by atoms with Gasteiger partial charge in [0.05, 0.1) is 55.5 Å². The van der Waals surface area contributed by atoms with Crippen LogP contribution in [0.1, 0.15) is 62.3 Å². The first-order chi connectivity index (χ1) is 19.0. The van der Waals surface area contributed by atoms with Crippen molar-refractivity contribution in [2.24, 2.45) is 0 Å². The molecule has 42 heavy (non-hydrogen) atoms. The third kappa shape index (κ3) is 186. The first-order valence-corrected chi connectivity index (χ1v) is 18.0. The fraction of sp³-hybridized carbons (Fsp3) is 0.667. The van der Waals surface area contributed by atoms with E-state index in [2.05, 4.69) is 123 Å². The molecule has 264 valence electrons. The molecular weight excluding hydrogens is 1130 g/mol. The van der Waals surface area contributed by atoms with Crippen molar-refractivity contribution in [3.05, 3.63) is 0 Å². The average Bonchev–Trinajstić information content (AvgIpc) is 3.09. The molecule has 0 spiro atoms. The topological polar surface area (TPSA) is 154 Å². The Bertz CT molecular complexity index is 231. The second kappa shape index (κ2) is 201. The molecule has 0 amide bonds. The fourth-order valence-corrected chi connectivity index (χ4v) is 6.75. The second-order valence-electron chi connectivity index (χ2n) is 5.43. The van der Waals surface area contributed by atoms with E-state index in [-0.39, 0.29) is 83.1 Å². The minimum Gasteiger partial charge on any atom is -0.545 e. The molecule has 0 heterocycles. The summed E-state index contributed by atoms with van der Waals surface area (Å²) in [7, 11) is 0.412. The summed E-state index contributed by atoms with van der Waals surface area (Å²) in [6.45, 7) is 50.0. The summed E-state index contributed by atoms with van der Waals surface area (Å²) in [5.74, 6) is 0. The summed E-state index contributed by atoms with van der Waals surface area (Å²) >= 11 is 0. The van der Waals surface area contributed by atoms with Crippen molar-refractivity contribution in [3.63, 3.8) is 0 Å². The zero-order chi connectivity index (χ0) is 35.1. The molecule has 0 aliphatic rings. The molecule has 0 unspecified atom stereocenters. The van der Waals surface area contributed by atoms with Gasteiger partial charge in [0.15, 0.2) is 0 Å². The van der Waals surface area contributed by atoms with Crippen LogP contribution in [0.2, 0.25) is 0 Å². The zero-order valence-electron chi connectivity index (χ0n) is 26.8. The molecule has 0 fully saturated rings. The number of hydrogen-bond acceptors (Lipinski definition) is 9. The Labute approximate surface area is 303 Å². The van der Waals surface area contributed by atoms with E-state index < -0.39 is 0 Å². The molecular formula is C27H57O9Os3P3-6. The van der Waals surface area contributed by atoms with Gasteiger partial charge in [0.1, 0.15) is 0 Å². The van der Waals surface area contributed by atoms with Gasteiger partial charge in [0.2, 0.25) is 0 Å². The van der Waals surface area contributed by atoms with E-state index in [1.165, 1.54) is 55.5 Å². The molecule has 0 aromatic rings. The van der Waals surface area contributed by atoms with Crippen molar-refractivity contribution >= 4 is 84.9 Å². The first kappa shape index (κ1) is 96.8. The predicted octanol–water partition coefficient (Wildman–Crippen LogP) is 4.31. The second-order valence-corrected chi connectivity index (χ2v) is 16.3.